The number of halogens is 1. The number of hydrogen-bond donors (Lipinski definition) is 1. The van der Waals surface area contributed by atoms with E-state index in [9.17, 15) is 17.6 Å². The standard InChI is InChI=1S/C16H12FN3O4S/c1-25(22,23)13-5-3-2-4-12(13)14(21)18-16-20-19-15(24-16)10-6-8-11(17)9-7-10/h2-9H,1H3,(H,18,20,21). The van der Waals surface area contributed by atoms with Crippen molar-refractivity contribution in [3.63, 3.8) is 0 Å². The van der Waals surface area contributed by atoms with Crippen molar-refractivity contribution in [3.8, 4) is 11.5 Å². The minimum Gasteiger partial charge on any atom is -0.403 e. The molecular formula is C16H12FN3O4S. The van der Waals surface area contributed by atoms with Crippen LogP contribution in [0.1, 0.15) is 10.4 Å². The van der Waals surface area contributed by atoms with Gasteiger partial charge in [-0.25, -0.2) is 12.8 Å². The monoisotopic (exact) mass is 361 g/mol. The third-order valence-electron chi connectivity index (χ3n) is 3.27. The molecule has 128 valence electrons. The molecule has 0 bridgehead atoms. The molecule has 0 fully saturated rings. The number of benzene rings is 2. The Bertz CT molecular complexity index is 1030. The smallest absolute Gasteiger partial charge is 0.322 e. The summed E-state index contributed by atoms with van der Waals surface area (Å²) in [7, 11) is -3.58. The topological polar surface area (TPSA) is 102 Å². The number of sulfone groups is 1. The highest BCUT2D eigenvalue weighted by molar-refractivity contribution is 7.90. The number of hydrogen-bond acceptors (Lipinski definition) is 6. The predicted molar refractivity (Wildman–Crippen MR) is 87.2 cm³/mol. The summed E-state index contributed by atoms with van der Waals surface area (Å²) in [5.74, 6) is -1.02. The van der Waals surface area contributed by atoms with Gasteiger partial charge in [0.25, 0.3) is 5.91 Å². The van der Waals surface area contributed by atoms with E-state index in [2.05, 4.69) is 15.5 Å². The van der Waals surface area contributed by atoms with E-state index >= 15 is 0 Å². The first kappa shape index (κ1) is 16.8. The van der Waals surface area contributed by atoms with Crippen LogP contribution in [0, 0.1) is 5.82 Å². The molecule has 1 amide bonds. The van der Waals surface area contributed by atoms with Crippen LogP contribution in [0.4, 0.5) is 10.4 Å². The zero-order valence-corrected chi connectivity index (χ0v) is 13.7. The Balaban J connectivity index is 1.85. The average Bonchev–Trinajstić information content (AvgIpc) is 3.03. The first-order chi connectivity index (χ1) is 11.8. The third-order valence-corrected chi connectivity index (χ3v) is 4.42. The van der Waals surface area contributed by atoms with Gasteiger partial charge >= 0.3 is 6.01 Å². The normalized spacial score (nSPS) is 11.3. The maximum atomic E-state index is 12.9. The first-order valence-corrected chi connectivity index (χ1v) is 8.93. The number of rotatable bonds is 4. The molecule has 9 heteroatoms. The van der Waals surface area contributed by atoms with Gasteiger partial charge in [0, 0.05) is 11.8 Å². The summed E-state index contributed by atoms with van der Waals surface area (Å²) < 4.78 is 41.8. The number of aromatic nitrogens is 2. The van der Waals surface area contributed by atoms with E-state index in [1.165, 1.54) is 42.5 Å². The molecule has 0 aliphatic carbocycles. The zero-order valence-electron chi connectivity index (χ0n) is 12.9. The number of carbonyl (C=O) groups excluding carboxylic acids is 1. The summed E-state index contributed by atoms with van der Waals surface area (Å²) in [6.45, 7) is 0. The number of nitrogens with zero attached hydrogens (tertiary/aromatic N) is 2. The van der Waals surface area contributed by atoms with E-state index in [4.69, 9.17) is 4.42 Å². The molecule has 7 nitrogen and oxygen atoms in total. The SMILES string of the molecule is CS(=O)(=O)c1ccccc1C(=O)Nc1nnc(-c2ccc(F)cc2)o1. The quantitative estimate of drug-likeness (QED) is 0.766. The van der Waals surface area contributed by atoms with Gasteiger partial charge in [-0.3, -0.25) is 10.1 Å². The molecule has 1 aromatic heterocycles. The van der Waals surface area contributed by atoms with Gasteiger partial charge < -0.3 is 4.42 Å². The molecule has 1 N–H and O–H groups in total. The molecule has 1 heterocycles. The van der Waals surface area contributed by atoms with Crippen molar-refractivity contribution in [1.29, 1.82) is 0 Å². The number of amides is 1. The van der Waals surface area contributed by atoms with Crippen LogP contribution in [-0.4, -0.2) is 30.8 Å². The molecule has 0 radical (unpaired) electrons. The Morgan fingerprint density at radius 3 is 2.44 bits per heavy atom. The van der Waals surface area contributed by atoms with Crippen LogP contribution in [-0.2, 0) is 9.84 Å². The minimum atomic E-state index is -3.58. The van der Waals surface area contributed by atoms with Crippen LogP contribution in [0.15, 0.2) is 57.8 Å². The second-order valence-electron chi connectivity index (χ2n) is 5.14. The fourth-order valence-corrected chi connectivity index (χ4v) is 3.01. The van der Waals surface area contributed by atoms with Gasteiger partial charge in [0.1, 0.15) is 5.82 Å². The lowest BCUT2D eigenvalue weighted by Gasteiger charge is -2.06. The molecule has 0 spiro atoms. The van der Waals surface area contributed by atoms with Crippen LogP contribution in [0.5, 0.6) is 0 Å². The molecule has 3 rings (SSSR count). The Morgan fingerprint density at radius 2 is 1.76 bits per heavy atom. The van der Waals surface area contributed by atoms with Crippen molar-refractivity contribution in [2.75, 3.05) is 11.6 Å². The van der Waals surface area contributed by atoms with E-state index < -0.39 is 21.6 Å². The lowest BCUT2D eigenvalue weighted by Crippen LogP contribution is -2.16. The highest BCUT2D eigenvalue weighted by Crippen LogP contribution is 2.21. The highest BCUT2D eigenvalue weighted by atomic mass is 32.2. The molecule has 2 aromatic carbocycles. The molecule has 25 heavy (non-hydrogen) atoms. The van der Waals surface area contributed by atoms with Gasteiger partial charge in [-0.05, 0) is 36.4 Å². The van der Waals surface area contributed by atoms with Gasteiger partial charge in [-0.1, -0.05) is 17.2 Å². The van der Waals surface area contributed by atoms with Gasteiger partial charge in [0.05, 0.1) is 10.5 Å². The molecule has 0 saturated heterocycles. The van der Waals surface area contributed by atoms with Crippen LogP contribution < -0.4 is 5.32 Å². The van der Waals surface area contributed by atoms with Gasteiger partial charge in [0.15, 0.2) is 9.84 Å². The summed E-state index contributed by atoms with van der Waals surface area (Å²) in [4.78, 5) is 12.2. The third kappa shape index (κ3) is 3.72. The molecular weight excluding hydrogens is 349 g/mol. The van der Waals surface area contributed by atoms with E-state index in [0.717, 1.165) is 6.26 Å². The first-order valence-electron chi connectivity index (χ1n) is 7.04. The molecule has 3 aromatic rings. The molecule has 0 aliphatic rings. The Morgan fingerprint density at radius 1 is 1.08 bits per heavy atom. The minimum absolute atomic E-state index is 0.0356. The van der Waals surface area contributed by atoms with Crippen molar-refractivity contribution in [2.24, 2.45) is 0 Å². The van der Waals surface area contributed by atoms with E-state index in [1.807, 2.05) is 0 Å². The molecule has 0 atom stereocenters. The van der Waals surface area contributed by atoms with Gasteiger partial charge in [0.2, 0.25) is 5.89 Å². The van der Waals surface area contributed by atoms with Crippen molar-refractivity contribution in [3.05, 3.63) is 59.9 Å². The van der Waals surface area contributed by atoms with E-state index in [1.54, 1.807) is 6.07 Å². The average molecular weight is 361 g/mol. The van der Waals surface area contributed by atoms with Crippen LogP contribution in [0.25, 0.3) is 11.5 Å². The fraction of sp³-hybridized carbons (Fsp3) is 0.0625. The summed E-state index contributed by atoms with van der Waals surface area (Å²) in [6, 6.07) is 11.0. The van der Waals surface area contributed by atoms with Crippen LogP contribution in [0.3, 0.4) is 0 Å². The van der Waals surface area contributed by atoms with Gasteiger partial charge in [-0.15, -0.1) is 5.10 Å². The highest BCUT2D eigenvalue weighted by Gasteiger charge is 2.20. The molecule has 0 aliphatic heterocycles. The summed E-state index contributed by atoms with van der Waals surface area (Å²) in [5, 5.41) is 9.80. The second kappa shape index (κ2) is 6.44. The summed E-state index contributed by atoms with van der Waals surface area (Å²) in [6.07, 6.45) is 1.01. The fourth-order valence-electron chi connectivity index (χ4n) is 2.12. The number of nitrogens with one attached hydrogen (secondary N) is 1. The van der Waals surface area contributed by atoms with Crippen LogP contribution >= 0.6 is 0 Å². The van der Waals surface area contributed by atoms with Gasteiger partial charge in [-0.2, -0.15) is 0 Å². The van der Waals surface area contributed by atoms with E-state index in [-0.39, 0.29) is 22.4 Å². The maximum absolute atomic E-state index is 12.9. The Labute approximate surface area is 142 Å². The Kier molecular flexibility index (Phi) is 4.32. The van der Waals surface area contributed by atoms with E-state index in [0.29, 0.717) is 5.56 Å². The van der Waals surface area contributed by atoms with Crippen molar-refractivity contribution in [1.82, 2.24) is 10.2 Å². The molecule has 0 unspecified atom stereocenters. The second-order valence-corrected chi connectivity index (χ2v) is 7.13. The maximum Gasteiger partial charge on any atom is 0.322 e. The lowest BCUT2D eigenvalue weighted by atomic mass is 10.2. The predicted octanol–water partition coefficient (Wildman–Crippen LogP) is 2.53. The zero-order chi connectivity index (χ0) is 18.0. The van der Waals surface area contributed by atoms with Crippen LogP contribution in [0.2, 0.25) is 0 Å². The number of anilines is 1. The Hall–Kier alpha value is -3.07. The summed E-state index contributed by atoms with van der Waals surface area (Å²) in [5.41, 5.74) is 0.442. The van der Waals surface area contributed by atoms with Crippen molar-refractivity contribution < 1.29 is 22.0 Å². The summed E-state index contributed by atoms with van der Waals surface area (Å²) >= 11 is 0. The largest absolute Gasteiger partial charge is 0.403 e. The number of carbonyl (C=O) groups is 1. The van der Waals surface area contributed by atoms with Crippen molar-refractivity contribution in [2.45, 2.75) is 4.90 Å². The lowest BCUT2D eigenvalue weighted by molar-refractivity contribution is 0.102. The van der Waals surface area contributed by atoms with Crippen molar-refractivity contribution >= 4 is 21.8 Å². The molecule has 0 saturated carbocycles.